The third-order valence-electron chi connectivity index (χ3n) is 4.53. The number of carbonyl (C=O) groups is 3. The van der Waals surface area contributed by atoms with Crippen molar-refractivity contribution in [3.05, 3.63) is 29.8 Å². The normalized spacial score (nSPS) is 15.6. The van der Waals surface area contributed by atoms with Crippen molar-refractivity contribution >= 4 is 17.9 Å². The van der Waals surface area contributed by atoms with Gasteiger partial charge >= 0.3 is 17.9 Å². The van der Waals surface area contributed by atoms with Crippen LogP contribution in [0.3, 0.4) is 0 Å². The highest BCUT2D eigenvalue weighted by molar-refractivity contribution is 6.35. The Hall–Kier alpha value is -2.77. The quantitative estimate of drug-likeness (QED) is 0.760. The number of hydrogen-bond donors (Lipinski definition) is 2. The summed E-state index contributed by atoms with van der Waals surface area (Å²) in [5.74, 6) is -0.611. The van der Waals surface area contributed by atoms with Crippen LogP contribution in [-0.2, 0) is 14.3 Å². The number of benzene rings is 1. The highest BCUT2D eigenvalue weighted by Gasteiger charge is 2.26. The number of amides is 3. The first kappa shape index (κ1) is 20.5. The zero-order valence-corrected chi connectivity index (χ0v) is 16.0. The van der Waals surface area contributed by atoms with Crippen LogP contribution in [0.4, 0.5) is 4.79 Å². The van der Waals surface area contributed by atoms with Gasteiger partial charge in [-0.3, -0.25) is 9.59 Å². The van der Waals surface area contributed by atoms with E-state index in [4.69, 9.17) is 9.47 Å². The summed E-state index contributed by atoms with van der Waals surface area (Å²) in [6, 6.07) is 6.84. The molecule has 1 aromatic carbocycles. The Morgan fingerprint density at radius 3 is 2.33 bits per heavy atom. The average Bonchev–Trinajstić information content (AvgIpc) is 2.68. The Labute approximate surface area is 159 Å². The largest absolute Gasteiger partial charge is 0.497 e. The Morgan fingerprint density at radius 2 is 1.78 bits per heavy atom. The van der Waals surface area contributed by atoms with Gasteiger partial charge in [0.05, 0.1) is 19.8 Å². The third-order valence-corrected chi connectivity index (χ3v) is 4.53. The molecule has 1 fully saturated rings. The monoisotopic (exact) mass is 377 g/mol. The van der Waals surface area contributed by atoms with Crippen molar-refractivity contribution in [2.45, 2.75) is 38.8 Å². The summed E-state index contributed by atoms with van der Waals surface area (Å²) in [5.41, 5.74) is 0.875. The standard InChI is InChI=1S/C19H27N3O5/c1-4-27-19(25)22-11-9-15(10-12-22)21-18(24)17(23)20-13(2)14-5-7-16(26-3)8-6-14/h5-8,13,15H,4,9-12H2,1-3H3,(H,20,23)(H,21,24). The molecule has 1 heterocycles. The van der Waals surface area contributed by atoms with E-state index in [1.54, 1.807) is 31.1 Å². The zero-order valence-electron chi connectivity index (χ0n) is 16.0. The van der Waals surface area contributed by atoms with Crippen molar-refractivity contribution in [1.29, 1.82) is 0 Å². The van der Waals surface area contributed by atoms with Crippen LogP contribution in [0.1, 0.15) is 38.3 Å². The number of ether oxygens (including phenoxy) is 2. The van der Waals surface area contributed by atoms with Gasteiger partial charge in [0.25, 0.3) is 0 Å². The molecule has 0 aromatic heterocycles. The average molecular weight is 377 g/mol. The number of piperidine rings is 1. The maximum atomic E-state index is 12.1. The lowest BCUT2D eigenvalue weighted by molar-refractivity contribution is -0.140. The minimum atomic E-state index is -0.675. The summed E-state index contributed by atoms with van der Waals surface area (Å²) in [7, 11) is 1.59. The predicted molar refractivity (Wildman–Crippen MR) is 99.3 cm³/mol. The van der Waals surface area contributed by atoms with Gasteiger partial charge in [0.1, 0.15) is 5.75 Å². The maximum absolute atomic E-state index is 12.1. The fourth-order valence-electron chi connectivity index (χ4n) is 2.91. The molecule has 0 aliphatic carbocycles. The Kier molecular flexibility index (Phi) is 7.45. The van der Waals surface area contributed by atoms with Crippen LogP contribution in [0.2, 0.25) is 0 Å². The van der Waals surface area contributed by atoms with E-state index in [2.05, 4.69) is 10.6 Å². The number of hydrogen-bond acceptors (Lipinski definition) is 5. The third kappa shape index (κ3) is 5.87. The van der Waals surface area contributed by atoms with Crippen LogP contribution >= 0.6 is 0 Å². The van der Waals surface area contributed by atoms with E-state index in [0.717, 1.165) is 11.3 Å². The van der Waals surface area contributed by atoms with Gasteiger partial charge in [-0.15, -0.1) is 0 Å². The topological polar surface area (TPSA) is 97.0 Å². The summed E-state index contributed by atoms with van der Waals surface area (Å²) in [6.45, 7) is 4.89. The fourth-order valence-corrected chi connectivity index (χ4v) is 2.91. The summed E-state index contributed by atoms with van der Waals surface area (Å²) < 4.78 is 10.1. The number of carbonyl (C=O) groups excluding carboxylic acids is 3. The van der Waals surface area contributed by atoms with E-state index >= 15 is 0 Å². The van der Waals surface area contributed by atoms with Gasteiger partial charge < -0.3 is 25.0 Å². The fraction of sp³-hybridized carbons (Fsp3) is 0.526. The highest BCUT2D eigenvalue weighted by atomic mass is 16.6. The summed E-state index contributed by atoms with van der Waals surface area (Å²) in [5, 5.41) is 5.43. The number of nitrogens with zero attached hydrogens (tertiary/aromatic N) is 1. The van der Waals surface area contributed by atoms with Gasteiger partial charge in [-0.2, -0.15) is 0 Å². The molecule has 1 aliphatic heterocycles. The number of methoxy groups -OCH3 is 1. The van der Waals surface area contributed by atoms with Crippen molar-refractivity contribution in [3.63, 3.8) is 0 Å². The van der Waals surface area contributed by atoms with Crippen molar-refractivity contribution < 1.29 is 23.9 Å². The first-order valence-electron chi connectivity index (χ1n) is 9.11. The second kappa shape index (κ2) is 9.80. The van der Waals surface area contributed by atoms with Crippen molar-refractivity contribution in [2.24, 2.45) is 0 Å². The van der Waals surface area contributed by atoms with Gasteiger partial charge in [-0.1, -0.05) is 12.1 Å². The molecule has 2 rings (SSSR count). The number of nitrogens with one attached hydrogen (secondary N) is 2. The lowest BCUT2D eigenvalue weighted by Gasteiger charge is -2.31. The molecule has 1 unspecified atom stereocenters. The molecule has 3 amide bonds. The van der Waals surface area contributed by atoms with E-state index in [1.165, 1.54) is 0 Å². The van der Waals surface area contributed by atoms with Crippen molar-refractivity contribution in [2.75, 3.05) is 26.8 Å². The molecular formula is C19H27N3O5. The van der Waals surface area contributed by atoms with Crippen LogP contribution in [0, 0.1) is 0 Å². The zero-order chi connectivity index (χ0) is 19.8. The van der Waals surface area contributed by atoms with E-state index in [-0.39, 0.29) is 18.2 Å². The molecule has 1 aliphatic rings. The van der Waals surface area contributed by atoms with Crippen molar-refractivity contribution in [3.8, 4) is 5.75 Å². The second-order valence-corrected chi connectivity index (χ2v) is 6.40. The molecule has 0 bridgehead atoms. The van der Waals surface area contributed by atoms with Crippen LogP contribution < -0.4 is 15.4 Å². The second-order valence-electron chi connectivity index (χ2n) is 6.40. The van der Waals surface area contributed by atoms with Crippen LogP contribution in [0.15, 0.2) is 24.3 Å². The molecule has 8 heteroatoms. The number of rotatable bonds is 5. The summed E-state index contributed by atoms with van der Waals surface area (Å²) >= 11 is 0. The predicted octanol–water partition coefficient (Wildman–Crippen LogP) is 1.61. The molecule has 1 saturated heterocycles. The lowest BCUT2D eigenvalue weighted by Crippen LogP contribution is -2.50. The molecule has 2 N–H and O–H groups in total. The summed E-state index contributed by atoms with van der Waals surface area (Å²) in [6.07, 6.45) is 0.839. The molecule has 148 valence electrons. The molecule has 1 aromatic rings. The molecule has 8 nitrogen and oxygen atoms in total. The SMILES string of the molecule is CCOC(=O)N1CCC(NC(=O)C(=O)NC(C)c2ccc(OC)cc2)CC1. The first-order valence-corrected chi connectivity index (χ1v) is 9.11. The van der Waals surface area contributed by atoms with E-state index in [9.17, 15) is 14.4 Å². The first-order chi connectivity index (χ1) is 12.9. The Morgan fingerprint density at radius 1 is 1.15 bits per heavy atom. The van der Waals surface area contributed by atoms with Crippen LogP contribution in [0.25, 0.3) is 0 Å². The van der Waals surface area contributed by atoms with Gasteiger partial charge in [0.2, 0.25) is 0 Å². The van der Waals surface area contributed by atoms with E-state index < -0.39 is 11.8 Å². The Bertz CT molecular complexity index is 654. The van der Waals surface area contributed by atoms with Gasteiger partial charge in [-0.05, 0) is 44.4 Å². The molecule has 0 saturated carbocycles. The van der Waals surface area contributed by atoms with Crippen LogP contribution in [0.5, 0.6) is 5.75 Å². The van der Waals surface area contributed by atoms with E-state index in [1.807, 2.05) is 19.1 Å². The lowest BCUT2D eigenvalue weighted by atomic mass is 10.1. The molecule has 0 radical (unpaired) electrons. The van der Waals surface area contributed by atoms with Crippen LogP contribution in [-0.4, -0.2) is 55.7 Å². The van der Waals surface area contributed by atoms with E-state index in [0.29, 0.717) is 32.5 Å². The minimum absolute atomic E-state index is 0.134. The molecular weight excluding hydrogens is 350 g/mol. The highest BCUT2D eigenvalue weighted by Crippen LogP contribution is 2.17. The minimum Gasteiger partial charge on any atom is -0.497 e. The molecule has 27 heavy (non-hydrogen) atoms. The Balaban J connectivity index is 1.78. The molecule has 0 spiro atoms. The number of likely N-dealkylation sites (tertiary alicyclic amines) is 1. The molecule has 1 atom stereocenters. The summed E-state index contributed by atoms with van der Waals surface area (Å²) in [4.78, 5) is 37.6. The maximum Gasteiger partial charge on any atom is 0.409 e. The van der Waals surface area contributed by atoms with Gasteiger partial charge in [0, 0.05) is 19.1 Å². The van der Waals surface area contributed by atoms with Gasteiger partial charge in [-0.25, -0.2) is 4.79 Å². The smallest absolute Gasteiger partial charge is 0.409 e. The van der Waals surface area contributed by atoms with Gasteiger partial charge in [0.15, 0.2) is 0 Å². The van der Waals surface area contributed by atoms with Crippen molar-refractivity contribution in [1.82, 2.24) is 15.5 Å².